The van der Waals surface area contributed by atoms with E-state index in [-0.39, 0.29) is 0 Å². The molecule has 1 aliphatic rings. The van der Waals surface area contributed by atoms with Crippen molar-refractivity contribution in [1.29, 1.82) is 0 Å². The summed E-state index contributed by atoms with van der Waals surface area (Å²) in [4.78, 5) is 2.51. The summed E-state index contributed by atoms with van der Waals surface area (Å²) in [7, 11) is -1.80. The predicted molar refractivity (Wildman–Crippen MR) is 98.1 cm³/mol. The Morgan fingerprint density at radius 1 is 1.00 bits per heavy atom. The molecule has 1 heterocycles. The smallest absolute Gasteiger partial charge is 0.243 e. The topological polar surface area (TPSA) is 49.9 Å². The fourth-order valence-electron chi connectivity index (χ4n) is 2.75. The third-order valence-corrected chi connectivity index (χ3v) is 6.55. The lowest BCUT2D eigenvalue weighted by molar-refractivity contribution is 0.384. The van der Waals surface area contributed by atoms with Crippen molar-refractivity contribution < 1.29 is 13.2 Å². The van der Waals surface area contributed by atoms with Gasteiger partial charge in [-0.05, 0) is 36.4 Å². The summed E-state index contributed by atoms with van der Waals surface area (Å²) in [5, 5.41) is 0. The van der Waals surface area contributed by atoms with Crippen molar-refractivity contribution in [3.8, 4) is 5.75 Å². The summed E-state index contributed by atoms with van der Waals surface area (Å²) in [6, 6.07) is 14.6. The van der Waals surface area contributed by atoms with Crippen LogP contribution < -0.4 is 9.64 Å². The van der Waals surface area contributed by atoms with Gasteiger partial charge in [-0.1, -0.05) is 22.0 Å². The third kappa shape index (κ3) is 3.58. The lowest BCUT2D eigenvalue weighted by Gasteiger charge is -2.35. The number of benzene rings is 2. The second kappa shape index (κ2) is 7.13. The Kier molecular flexibility index (Phi) is 5.12. The maximum absolute atomic E-state index is 12.7. The number of ether oxygens (including phenoxy) is 1. The average molecular weight is 411 g/mol. The molecule has 0 bridgehead atoms. The van der Waals surface area contributed by atoms with Crippen molar-refractivity contribution in [3.05, 3.63) is 53.0 Å². The first-order valence-electron chi connectivity index (χ1n) is 7.65. The molecule has 7 heteroatoms. The predicted octanol–water partition coefficient (Wildman–Crippen LogP) is 2.97. The molecule has 3 rings (SSSR count). The molecule has 0 aromatic heterocycles. The van der Waals surface area contributed by atoms with Crippen LogP contribution in [0.25, 0.3) is 0 Å². The molecule has 0 unspecified atom stereocenters. The van der Waals surface area contributed by atoms with Crippen molar-refractivity contribution in [3.63, 3.8) is 0 Å². The number of rotatable bonds is 4. The van der Waals surface area contributed by atoms with Crippen molar-refractivity contribution in [2.75, 3.05) is 38.2 Å². The van der Waals surface area contributed by atoms with Crippen molar-refractivity contribution in [2.24, 2.45) is 0 Å². The molecule has 2 aromatic rings. The van der Waals surface area contributed by atoms with Gasteiger partial charge < -0.3 is 9.64 Å². The highest BCUT2D eigenvalue weighted by Gasteiger charge is 2.28. The Morgan fingerprint density at radius 3 is 2.29 bits per heavy atom. The fraction of sp³-hybridized carbons (Fsp3) is 0.294. The molecule has 0 aliphatic carbocycles. The monoisotopic (exact) mass is 410 g/mol. The van der Waals surface area contributed by atoms with Crippen LogP contribution in [-0.4, -0.2) is 46.0 Å². The van der Waals surface area contributed by atoms with Gasteiger partial charge in [-0.2, -0.15) is 4.31 Å². The van der Waals surface area contributed by atoms with E-state index in [2.05, 4.69) is 20.8 Å². The van der Waals surface area contributed by atoms with Crippen LogP contribution in [0.15, 0.2) is 57.9 Å². The van der Waals surface area contributed by atoms with Gasteiger partial charge in [0.25, 0.3) is 0 Å². The summed E-state index contributed by atoms with van der Waals surface area (Å²) in [5.41, 5.74) is 1.05. The molecule has 0 atom stereocenters. The van der Waals surface area contributed by atoms with E-state index >= 15 is 0 Å². The second-order valence-corrected chi connectivity index (χ2v) is 8.40. The number of hydrogen-bond acceptors (Lipinski definition) is 4. The highest BCUT2D eigenvalue weighted by molar-refractivity contribution is 9.10. The number of hydrogen-bond donors (Lipinski definition) is 0. The quantitative estimate of drug-likeness (QED) is 0.777. The van der Waals surface area contributed by atoms with Crippen molar-refractivity contribution >= 4 is 31.6 Å². The maximum Gasteiger partial charge on any atom is 0.243 e. The molecule has 24 heavy (non-hydrogen) atoms. The van der Waals surface area contributed by atoms with Gasteiger partial charge in [-0.25, -0.2) is 8.42 Å². The van der Waals surface area contributed by atoms with Crippen LogP contribution in [0.4, 0.5) is 5.69 Å². The minimum absolute atomic E-state index is 0.334. The molecule has 128 valence electrons. The van der Waals surface area contributed by atoms with Crippen LogP contribution >= 0.6 is 15.9 Å². The minimum Gasteiger partial charge on any atom is -0.497 e. The molecule has 0 saturated carbocycles. The summed E-state index contributed by atoms with van der Waals surface area (Å²) < 4.78 is 33.1. The SMILES string of the molecule is COc1cccc(N2CCN(S(=O)(=O)c3ccc(Br)cc3)CC2)c1. The molecule has 1 fully saturated rings. The van der Waals surface area contributed by atoms with Crippen LogP contribution in [0.1, 0.15) is 0 Å². The van der Waals surface area contributed by atoms with Gasteiger partial charge in [0.2, 0.25) is 10.0 Å². The van der Waals surface area contributed by atoms with Crippen molar-refractivity contribution in [2.45, 2.75) is 4.90 Å². The summed E-state index contributed by atoms with van der Waals surface area (Å²) in [5.74, 6) is 0.803. The van der Waals surface area contributed by atoms with Gasteiger partial charge in [0.1, 0.15) is 5.75 Å². The van der Waals surface area contributed by atoms with Gasteiger partial charge in [0, 0.05) is 42.4 Å². The molecule has 5 nitrogen and oxygen atoms in total. The van der Waals surface area contributed by atoms with E-state index in [1.165, 1.54) is 0 Å². The molecule has 0 amide bonds. The van der Waals surface area contributed by atoms with E-state index in [0.29, 0.717) is 31.1 Å². The number of sulfonamides is 1. The lowest BCUT2D eigenvalue weighted by Crippen LogP contribution is -2.48. The summed E-state index contributed by atoms with van der Waals surface area (Å²) in [6.45, 7) is 2.25. The first-order chi connectivity index (χ1) is 11.5. The number of halogens is 1. The normalized spacial score (nSPS) is 16.2. The summed E-state index contributed by atoms with van der Waals surface area (Å²) in [6.07, 6.45) is 0. The van der Waals surface area contributed by atoms with Crippen LogP contribution in [-0.2, 0) is 10.0 Å². The van der Waals surface area contributed by atoms with Gasteiger partial charge >= 0.3 is 0 Å². The zero-order valence-corrected chi connectivity index (χ0v) is 15.8. The minimum atomic E-state index is -3.44. The first kappa shape index (κ1) is 17.3. The van der Waals surface area contributed by atoms with Gasteiger partial charge in [-0.3, -0.25) is 0 Å². The highest BCUT2D eigenvalue weighted by Crippen LogP contribution is 2.24. The standard InChI is InChI=1S/C17H19BrN2O3S/c1-23-16-4-2-3-15(13-16)19-9-11-20(12-10-19)24(21,22)17-7-5-14(18)6-8-17/h2-8,13H,9-12H2,1H3. The first-order valence-corrected chi connectivity index (χ1v) is 9.89. The molecule has 0 spiro atoms. The number of methoxy groups -OCH3 is 1. The van der Waals surface area contributed by atoms with E-state index in [1.54, 1.807) is 35.7 Å². The Balaban J connectivity index is 1.71. The van der Waals surface area contributed by atoms with Crippen LogP contribution in [0.3, 0.4) is 0 Å². The second-order valence-electron chi connectivity index (χ2n) is 5.55. The Labute approximate surface area is 151 Å². The Bertz CT molecular complexity index is 801. The highest BCUT2D eigenvalue weighted by atomic mass is 79.9. The number of piperazine rings is 1. The van der Waals surface area contributed by atoms with Crippen LogP contribution in [0.5, 0.6) is 5.75 Å². The van der Waals surface area contributed by atoms with E-state index in [4.69, 9.17) is 4.74 Å². The third-order valence-electron chi connectivity index (χ3n) is 4.11. The van der Waals surface area contributed by atoms with Crippen LogP contribution in [0, 0.1) is 0 Å². The zero-order chi connectivity index (χ0) is 17.2. The molecule has 0 radical (unpaired) electrons. The van der Waals surface area contributed by atoms with Crippen LogP contribution in [0.2, 0.25) is 0 Å². The number of nitrogens with zero attached hydrogens (tertiary/aromatic N) is 2. The van der Waals surface area contributed by atoms with E-state index in [9.17, 15) is 8.42 Å². The average Bonchev–Trinajstić information content (AvgIpc) is 2.62. The summed E-state index contributed by atoms with van der Waals surface area (Å²) >= 11 is 3.33. The zero-order valence-electron chi connectivity index (χ0n) is 13.4. The lowest BCUT2D eigenvalue weighted by atomic mass is 10.2. The molecule has 0 N–H and O–H groups in total. The number of anilines is 1. The van der Waals surface area contributed by atoms with E-state index < -0.39 is 10.0 Å². The molecular weight excluding hydrogens is 392 g/mol. The fourth-order valence-corrected chi connectivity index (χ4v) is 4.44. The molecular formula is C17H19BrN2O3S. The molecule has 1 aliphatic heterocycles. The van der Waals surface area contributed by atoms with Gasteiger partial charge in [0.15, 0.2) is 0 Å². The van der Waals surface area contributed by atoms with E-state index in [0.717, 1.165) is 15.9 Å². The maximum atomic E-state index is 12.7. The van der Waals surface area contributed by atoms with Gasteiger partial charge in [0.05, 0.1) is 12.0 Å². The molecule has 1 saturated heterocycles. The van der Waals surface area contributed by atoms with E-state index in [1.807, 2.05) is 24.3 Å². The Morgan fingerprint density at radius 2 is 1.67 bits per heavy atom. The largest absolute Gasteiger partial charge is 0.497 e. The Hall–Kier alpha value is -1.57. The van der Waals surface area contributed by atoms with Crippen molar-refractivity contribution in [1.82, 2.24) is 4.31 Å². The molecule has 2 aromatic carbocycles. The van der Waals surface area contributed by atoms with Gasteiger partial charge in [-0.15, -0.1) is 0 Å².